The molecule has 2 aliphatic carbocycles. The lowest BCUT2D eigenvalue weighted by Gasteiger charge is -2.36. The van der Waals surface area contributed by atoms with E-state index < -0.39 is 16.0 Å². The average Bonchev–Trinajstić information content (AvgIpc) is 3.31. The lowest BCUT2D eigenvalue weighted by atomic mass is 9.92. The van der Waals surface area contributed by atoms with Gasteiger partial charge >= 0.3 is 5.97 Å². The number of piperazine rings is 1. The number of hydrogen-bond acceptors (Lipinski definition) is 4. The molecule has 3 atom stereocenters. The van der Waals surface area contributed by atoms with E-state index in [9.17, 15) is 18.0 Å². The Kier molecular flexibility index (Phi) is 4.55. The zero-order chi connectivity index (χ0) is 19.2. The monoisotopic (exact) mass is 390 g/mol. The number of amides is 1. The summed E-state index contributed by atoms with van der Waals surface area (Å²) in [4.78, 5) is 25.6. The summed E-state index contributed by atoms with van der Waals surface area (Å²) in [5.41, 5.74) is 0.0456. The molecule has 1 aliphatic heterocycles. The number of aromatic carboxylic acids is 1. The maximum absolute atomic E-state index is 12.8. The summed E-state index contributed by atoms with van der Waals surface area (Å²) in [5, 5.41) is 8.94. The predicted octanol–water partition coefficient (Wildman–Crippen LogP) is 1.43. The second-order valence-electron chi connectivity index (χ2n) is 7.45. The molecule has 1 saturated carbocycles. The van der Waals surface area contributed by atoms with Crippen LogP contribution in [0.2, 0.25) is 0 Å². The lowest BCUT2D eigenvalue weighted by molar-refractivity contribution is -0.137. The zero-order valence-electron chi connectivity index (χ0n) is 14.8. The Balaban J connectivity index is 1.40. The van der Waals surface area contributed by atoms with Gasteiger partial charge in [-0.2, -0.15) is 4.31 Å². The normalized spacial score (nSPS) is 27.9. The van der Waals surface area contributed by atoms with Crippen LogP contribution in [0.4, 0.5) is 0 Å². The first-order chi connectivity index (χ1) is 12.9. The first kappa shape index (κ1) is 18.2. The molecule has 3 unspecified atom stereocenters. The van der Waals surface area contributed by atoms with Crippen LogP contribution in [0.5, 0.6) is 0 Å². The minimum absolute atomic E-state index is 0.0456. The van der Waals surface area contributed by atoms with Crippen LogP contribution in [-0.2, 0) is 14.8 Å². The van der Waals surface area contributed by atoms with Crippen molar-refractivity contribution in [3.05, 3.63) is 42.0 Å². The van der Waals surface area contributed by atoms with Crippen molar-refractivity contribution < 1.29 is 23.1 Å². The molecule has 4 rings (SSSR count). The van der Waals surface area contributed by atoms with Crippen molar-refractivity contribution in [3.8, 4) is 0 Å². The molecule has 1 heterocycles. The van der Waals surface area contributed by atoms with Gasteiger partial charge in [0.05, 0.1) is 10.5 Å². The third-order valence-electron chi connectivity index (χ3n) is 5.89. The van der Waals surface area contributed by atoms with Gasteiger partial charge < -0.3 is 10.0 Å². The van der Waals surface area contributed by atoms with Crippen molar-refractivity contribution in [1.29, 1.82) is 0 Å². The van der Waals surface area contributed by atoms with E-state index in [4.69, 9.17) is 5.11 Å². The average molecular weight is 390 g/mol. The summed E-state index contributed by atoms with van der Waals surface area (Å²) >= 11 is 0. The highest BCUT2D eigenvalue weighted by atomic mass is 32.2. The van der Waals surface area contributed by atoms with Gasteiger partial charge in [0.1, 0.15) is 0 Å². The maximum Gasteiger partial charge on any atom is 0.335 e. The Hall–Kier alpha value is -2.19. The molecule has 1 N–H and O–H groups in total. The Morgan fingerprint density at radius 2 is 1.63 bits per heavy atom. The van der Waals surface area contributed by atoms with Gasteiger partial charge in [-0.1, -0.05) is 12.2 Å². The number of carboxylic acids is 1. The quantitative estimate of drug-likeness (QED) is 0.785. The van der Waals surface area contributed by atoms with Crippen LogP contribution in [0.15, 0.2) is 41.3 Å². The molecule has 8 heteroatoms. The summed E-state index contributed by atoms with van der Waals surface area (Å²) in [6.45, 7) is 1.29. The van der Waals surface area contributed by atoms with E-state index in [1.54, 1.807) is 4.90 Å². The molecular weight excluding hydrogens is 368 g/mol. The van der Waals surface area contributed by atoms with Gasteiger partial charge in [0, 0.05) is 32.1 Å². The van der Waals surface area contributed by atoms with Crippen molar-refractivity contribution in [3.63, 3.8) is 0 Å². The lowest BCUT2D eigenvalue weighted by Crippen LogP contribution is -2.52. The number of hydrogen-bond donors (Lipinski definition) is 1. The maximum atomic E-state index is 12.8. The first-order valence-corrected chi connectivity index (χ1v) is 10.6. The van der Waals surface area contributed by atoms with Gasteiger partial charge in [0.15, 0.2) is 0 Å². The Bertz CT molecular complexity index is 885. The van der Waals surface area contributed by atoms with Gasteiger partial charge in [-0.05, 0) is 48.9 Å². The number of allylic oxidation sites excluding steroid dienone is 2. The number of sulfonamides is 1. The van der Waals surface area contributed by atoms with Crippen molar-refractivity contribution >= 4 is 21.9 Å². The number of benzene rings is 1. The molecule has 1 aromatic carbocycles. The van der Waals surface area contributed by atoms with E-state index in [2.05, 4.69) is 12.2 Å². The van der Waals surface area contributed by atoms with E-state index in [1.165, 1.54) is 28.6 Å². The highest BCUT2D eigenvalue weighted by molar-refractivity contribution is 7.89. The SMILES string of the molecule is O=C(O)c1ccc(S(=O)(=O)N2CCN(C(=O)C3CC4C=CC3C4)CC2)cc1. The topological polar surface area (TPSA) is 95.0 Å². The van der Waals surface area contributed by atoms with Crippen molar-refractivity contribution in [2.24, 2.45) is 17.8 Å². The van der Waals surface area contributed by atoms with Gasteiger partial charge in [-0.15, -0.1) is 0 Å². The van der Waals surface area contributed by atoms with Crippen molar-refractivity contribution in [1.82, 2.24) is 9.21 Å². The number of rotatable bonds is 4. The van der Waals surface area contributed by atoms with Crippen molar-refractivity contribution in [2.45, 2.75) is 17.7 Å². The molecule has 3 aliphatic rings. The van der Waals surface area contributed by atoms with Gasteiger partial charge in [0.2, 0.25) is 15.9 Å². The molecule has 1 aromatic rings. The largest absolute Gasteiger partial charge is 0.478 e. The highest BCUT2D eigenvalue weighted by Gasteiger charge is 2.42. The fourth-order valence-corrected chi connectivity index (χ4v) is 5.79. The Morgan fingerprint density at radius 1 is 0.963 bits per heavy atom. The highest BCUT2D eigenvalue weighted by Crippen LogP contribution is 2.44. The van der Waals surface area contributed by atoms with Gasteiger partial charge in [-0.3, -0.25) is 4.79 Å². The van der Waals surface area contributed by atoms with E-state index in [1.807, 2.05) is 0 Å². The van der Waals surface area contributed by atoms with Crippen LogP contribution in [-0.4, -0.2) is 60.8 Å². The van der Waals surface area contributed by atoms with E-state index >= 15 is 0 Å². The summed E-state index contributed by atoms with van der Waals surface area (Å²) in [6.07, 6.45) is 6.33. The molecule has 2 fully saturated rings. The third kappa shape index (κ3) is 3.27. The second kappa shape index (κ2) is 6.76. The summed E-state index contributed by atoms with van der Waals surface area (Å²) in [7, 11) is -3.69. The Labute approximate surface area is 158 Å². The number of nitrogens with zero attached hydrogens (tertiary/aromatic N) is 2. The van der Waals surface area contributed by atoms with Crippen LogP contribution >= 0.6 is 0 Å². The minimum Gasteiger partial charge on any atom is -0.478 e. The minimum atomic E-state index is -3.69. The molecular formula is C19H22N2O5S. The van der Waals surface area contributed by atoms with Crippen LogP contribution in [0.25, 0.3) is 0 Å². The molecule has 1 saturated heterocycles. The molecule has 144 valence electrons. The second-order valence-corrected chi connectivity index (χ2v) is 9.38. The summed E-state index contributed by atoms with van der Waals surface area (Å²) < 4.78 is 26.9. The van der Waals surface area contributed by atoms with Crippen LogP contribution in [0, 0.1) is 17.8 Å². The molecule has 0 radical (unpaired) electrons. The van der Waals surface area contributed by atoms with Crippen molar-refractivity contribution in [2.75, 3.05) is 26.2 Å². The smallest absolute Gasteiger partial charge is 0.335 e. The van der Waals surface area contributed by atoms with E-state index in [-0.39, 0.29) is 35.4 Å². The van der Waals surface area contributed by atoms with Gasteiger partial charge in [0.25, 0.3) is 0 Å². The van der Waals surface area contributed by atoms with Gasteiger partial charge in [-0.25, -0.2) is 13.2 Å². The molecule has 1 amide bonds. The molecule has 2 bridgehead atoms. The summed E-state index contributed by atoms with van der Waals surface area (Å²) in [6, 6.07) is 5.21. The van der Waals surface area contributed by atoms with E-state index in [0.29, 0.717) is 24.9 Å². The summed E-state index contributed by atoms with van der Waals surface area (Å²) in [5.74, 6) is -0.0284. The number of fused-ring (bicyclic) bond motifs is 2. The third-order valence-corrected chi connectivity index (χ3v) is 7.80. The Morgan fingerprint density at radius 3 is 2.15 bits per heavy atom. The number of carbonyl (C=O) groups excluding carboxylic acids is 1. The van der Waals surface area contributed by atoms with Crippen LogP contribution < -0.4 is 0 Å². The van der Waals surface area contributed by atoms with Crippen LogP contribution in [0.3, 0.4) is 0 Å². The number of carbonyl (C=O) groups is 2. The first-order valence-electron chi connectivity index (χ1n) is 9.17. The predicted molar refractivity (Wildman–Crippen MR) is 97.6 cm³/mol. The molecule has 0 aromatic heterocycles. The molecule has 7 nitrogen and oxygen atoms in total. The molecule has 27 heavy (non-hydrogen) atoms. The molecule has 0 spiro atoms. The van der Waals surface area contributed by atoms with E-state index in [0.717, 1.165) is 12.8 Å². The fourth-order valence-electron chi connectivity index (χ4n) is 4.37. The van der Waals surface area contributed by atoms with Crippen LogP contribution in [0.1, 0.15) is 23.2 Å². The zero-order valence-corrected chi connectivity index (χ0v) is 15.6. The fraction of sp³-hybridized carbons (Fsp3) is 0.474. The number of carboxylic acid groups (broad SMARTS) is 1. The standard InChI is InChI=1S/C19H22N2O5S/c22-18(17-12-13-1-2-15(17)11-13)20-7-9-21(10-8-20)27(25,26)16-5-3-14(4-6-16)19(23)24/h1-6,13,15,17H,7-12H2,(H,23,24).